The number of aliphatic hydroxyl groups is 2. The van der Waals surface area contributed by atoms with Crippen molar-refractivity contribution in [3.05, 3.63) is 0 Å². The second-order valence-electron chi connectivity index (χ2n) is 6.24. The lowest BCUT2D eigenvalue weighted by atomic mass is 9.98. The predicted molar refractivity (Wildman–Crippen MR) is 91.0 cm³/mol. The zero-order valence-electron chi connectivity index (χ0n) is 16.6. The molecular formula is C17H26O12. The first kappa shape index (κ1) is 24.8. The molecule has 2 N–H and O–H groups in total. The second kappa shape index (κ2) is 11.7. The Balaban J connectivity index is 3.24. The van der Waals surface area contributed by atoms with Gasteiger partial charge in [-0.1, -0.05) is 0 Å². The average molecular weight is 422 g/mol. The maximum absolute atomic E-state index is 11.6. The number of hydrogen-bond donors (Lipinski definition) is 2. The van der Waals surface area contributed by atoms with Crippen molar-refractivity contribution in [2.75, 3.05) is 19.8 Å². The lowest BCUT2D eigenvalue weighted by Crippen LogP contribution is -2.63. The summed E-state index contributed by atoms with van der Waals surface area (Å²) in [6.45, 7) is 3.04. The van der Waals surface area contributed by atoms with E-state index in [0.717, 1.165) is 27.7 Å². The van der Waals surface area contributed by atoms with Gasteiger partial charge in [-0.3, -0.25) is 19.2 Å². The third-order valence-corrected chi connectivity index (χ3v) is 3.61. The predicted octanol–water partition coefficient (Wildman–Crippen LogP) is -1.56. The molecule has 0 aliphatic carbocycles. The van der Waals surface area contributed by atoms with Gasteiger partial charge in [-0.15, -0.1) is 0 Å². The third-order valence-electron chi connectivity index (χ3n) is 3.61. The van der Waals surface area contributed by atoms with Crippen LogP contribution in [0.5, 0.6) is 0 Å². The molecule has 0 aromatic heterocycles. The first-order valence-corrected chi connectivity index (χ1v) is 8.76. The van der Waals surface area contributed by atoms with Crippen molar-refractivity contribution in [3.8, 4) is 0 Å². The van der Waals surface area contributed by atoms with Crippen molar-refractivity contribution in [2.45, 2.75) is 64.5 Å². The van der Waals surface area contributed by atoms with Crippen molar-refractivity contribution < 1.29 is 57.8 Å². The highest BCUT2D eigenvalue weighted by Gasteiger charge is 2.52. The smallest absolute Gasteiger partial charge is 0.303 e. The van der Waals surface area contributed by atoms with Crippen molar-refractivity contribution in [2.24, 2.45) is 0 Å². The molecule has 1 fully saturated rings. The van der Waals surface area contributed by atoms with E-state index in [9.17, 15) is 24.3 Å². The third kappa shape index (κ3) is 8.31. The summed E-state index contributed by atoms with van der Waals surface area (Å²) >= 11 is 0. The Labute approximate surface area is 166 Å². The molecule has 1 heterocycles. The fourth-order valence-electron chi connectivity index (χ4n) is 2.58. The molecule has 1 aliphatic rings. The van der Waals surface area contributed by atoms with Crippen LogP contribution in [0.2, 0.25) is 0 Å². The average Bonchev–Trinajstić information content (AvgIpc) is 2.60. The maximum atomic E-state index is 11.6. The van der Waals surface area contributed by atoms with E-state index in [1.54, 1.807) is 0 Å². The monoisotopic (exact) mass is 422 g/mol. The minimum Gasteiger partial charge on any atom is -0.463 e. The highest BCUT2D eigenvalue weighted by molar-refractivity contribution is 5.68. The Morgan fingerprint density at radius 2 is 1.38 bits per heavy atom. The zero-order valence-corrected chi connectivity index (χ0v) is 16.6. The van der Waals surface area contributed by atoms with Crippen molar-refractivity contribution in [1.29, 1.82) is 0 Å². The largest absolute Gasteiger partial charge is 0.463 e. The van der Waals surface area contributed by atoms with Gasteiger partial charge in [0.15, 0.2) is 24.6 Å². The van der Waals surface area contributed by atoms with E-state index < -0.39 is 73.9 Å². The van der Waals surface area contributed by atoms with E-state index in [-0.39, 0.29) is 6.61 Å². The van der Waals surface area contributed by atoms with Gasteiger partial charge in [-0.05, 0) is 0 Å². The van der Waals surface area contributed by atoms with Crippen LogP contribution in [0.1, 0.15) is 27.7 Å². The number of carbonyl (C=O) groups excluding carboxylic acids is 4. The van der Waals surface area contributed by atoms with E-state index in [1.165, 1.54) is 0 Å². The number of ether oxygens (including phenoxy) is 6. The maximum Gasteiger partial charge on any atom is 0.303 e. The molecule has 29 heavy (non-hydrogen) atoms. The molecule has 1 unspecified atom stereocenters. The van der Waals surface area contributed by atoms with Gasteiger partial charge in [-0.2, -0.15) is 0 Å². The fourth-order valence-corrected chi connectivity index (χ4v) is 2.58. The summed E-state index contributed by atoms with van der Waals surface area (Å²) in [5.41, 5.74) is 0. The van der Waals surface area contributed by atoms with Crippen molar-refractivity contribution in [1.82, 2.24) is 0 Å². The molecule has 1 rings (SSSR count). The Bertz CT molecular complexity index is 591. The number of esters is 4. The highest BCUT2D eigenvalue weighted by Crippen LogP contribution is 2.30. The van der Waals surface area contributed by atoms with Gasteiger partial charge in [0.25, 0.3) is 0 Å². The quantitative estimate of drug-likeness (QED) is 0.325. The molecule has 12 heteroatoms. The first-order chi connectivity index (χ1) is 13.5. The van der Waals surface area contributed by atoms with E-state index in [0.29, 0.717) is 0 Å². The number of aliphatic hydroxyl groups excluding tert-OH is 2. The molecule has 0 saturated carbocycles. The summed E-state index contributed by atoms with van der Waals surface area (Å²) in [4.78, 5) is 45.9. The van der Waals surface area contributed by atoms with Crippen LogP contribution in [0, 0.1) is 0 Å². The minimum atomic E-state index is -1.39. The molecule has 0 aromatic carbocycles. The lowest BCUT2D eigenvalue weighted by molar-refractivity contribution is -0.311. The van der Waals surface area contributed by atoms with Crippen LogP contribution in [0.3, 0.4) is 0 Å². The van der Waals surface area contributed by atoms with Crippen LogP contribution in [0.25, 0.3) is 0 Å². The van der Waals surface area contributed by atoms with E-state index >= 15 is 0 Å². The molecule has 0 bridgehead atoms. The fraction of sp³-hybridized carbons (Fsp3) is 0.765. The lowest BCUT2D eigenvalue weighted by Gasteiger charge is -2.44. The second-order valence-corrected chi connectivity index (χ2v) is 6.24. The zero-order chi connectivity index (χ0) is 22.1. The Kier molecular flexibility index (Phi) is 9.95. The van der Waals surface area contributed by atoms with Gasteiger partial charge in [0.2, 0.25) is 0 Å². The summed E-state index contributed by atoms with van der Waals surface area (Å²) in [5, 5.41) is 18.5. The van der Waals surface area contributed by atoms with Gasteiger partial charge < -0.3 is 38.6 Å². The molecule has 166 valence electrons. The van der Waals surface area contributed by atoms with Crippen LogP contribution < -0.4 is 0 Å². The highest BCUT2D eigenvalue weighted by atomic mass is 16.7. The molecule has 6 atom stereocenters. The molecule has 12 nitrogen and oxygen atoms in total. The van der Waals surface area contributed by atoms with Crippen LogP contribution >= 0.6 is 0 Å². The van der Waals surface area contributed by atoms with Crippen LogP contribution in [-0.4, -0.2) is 90.7 Å². The van der Waals surface area contributed by atoms with Crippen LogP contribution in [-0.2, 0) is 47.6 Å². The van der Waals surface area contributed by atoms with Gasteiger partial charge in [0.1, 0.15) is 18.8 Å². The van der Waals surface area contributed by atoms with E-state index in [2.05, 4.69) is 0 Å². The SMILES string of the molecule is CC(=O)OC[C@H]1O[C@H](OCC(O)CO)[C@@H](OC(C)=O)[C@@H](OC(C)=O)[C@@H]1OC(C)=O. The molecule has 1 aliphatic heterocycles. The van der Waals surface area contributed by atoms with Gasteiger partial charge in [0, 0.05) is 27.7 Å². The van der Waals surface area contributed by atoms with Crippen LogP contribution in [0.4, 0.5) is 0 Å². The summed E-state index contributed by atoms with van der Waals surface area (Å²) < 4.78 is 31.5. The van der Waals surface area contributed by atoms with E-state index in [4.69, 9.17) is 33.5 Å². The number of carbonyl (C=O) groups is 4. The summed E-state index contributed by atoms with van der Waals surface area (Å²) in [6.07, 6.45) is -7.82. The standard InChI is InChI=1S/C17H26O12/c1-8(19)24-7-13-14(26-9(2)20)15(27-10(3)21)16(28-11(4)22)17(29-13)25-6-12(23)5-18/h12-18,23H,5-7H2,1-4H3/t12?,13-,14-,15+,16+,17+/m1/s1. The Hall–Kier alpha value is -2.28. The van der Waals surface area contributed by atoms with E-state index in [1.807, 2.05) is 0 Å². The topological polar surface area (TPSA) is 164 Å². The summed E-state index contributed by atoms with van der Waals surface area (Å²) in [5.74, 6) is -2.94. The molecule has 0 spiro atoms. The van der Waals surface area contributed by atoms with Crippen molar-refractivity contribution in [3.63, 3.8) is 0 Å². The first-order valence-electron chi connectivity index (χ1n) is 8.76. The van der Waals surface area contributed by atoms with Crippen LogP contribution in [0.15, 0.2) is 0 Å². The van der Waals surface area contributed by atoms with Gasteiger partial charge in [0.05, 0.1) is 13.2 Å². The molecule has 1 saturated heterocycles. The number of rotatable bonds is 9. The summed E-state index contributed by atoms with van der Waals surface area (Å²) in [6, 6.07) is 0. The molecular weight excluding hydrogens is 396 g/mol. The van der Waals surface area contributed by atoms with Gasteiger partial charge >= 0.3 is 23.9 Å². The Morgan fingerprint density at radius 3 is 1.86 bits per heavy atom. The normalized spacial score (nSPS) is 27.4. The van der Waals surface area contributed by atoms with Gasteiger partial charge in [-0.25, -0.2) is 0 Å². The molecule has 0 amide bonds. The minimum absolute atomic E-state index is 0.389. The Morgan fingerprint density at radius 1 is 0.862 bits per heavy atom. The molecule has 0 radical (unpaired) electrons. The van der Waals surface area contributed by atoms with Crippen molar-refractivity contribution >= 4 is 23.9 Å². The number of hydrogen-bond acceptors (Lipinski definition) is 12. The summed E-state index contributed by atoms with van der Waals surface area (Å²) in [7, 11) is 0. The molecule has 0 aromatic rings.